The highest BCUT2D eigenvalue weighted by molar-refractivity contribution is 5.62. The van der Waals surface area contributed by atoms with E-state index >= 15 is 0 Å². The Kier molecular flexibility index (Phi) is 9.95. The average Bonchev–Trinajstić information content (AvgIpc) is 2.84. The van der Waals surface area contributed by atoms with Gasteiger partial charge in [-0.15, -0.1) is 5.11 Å². The fraction of sp³-hybridized carbons (Fsp3) is 0.348. The van der Waals surface area contributed by atoms with Crippen LogP contribution in [0.1, 0.15) is 31.7 Å². The normalized spacial score (nSPS) is 10.4. The fourth-order valence-corrected chi connectivity index (χ4v) is 3.10. The lowest BCUT2D eigenvalue weighted by Crippen LogP contribution is -2.45. The lowest BCUT2D eigenvalue weighted by atomic mass is 10.2. The first-order valence-electron chi connectivity index (χ1n) is 10.7. The number of benzene rings is 2. The molecule has 0 bridgehead atoms. The predicted molar refractivity (Wildman–Crippen MR) is 123 cm³/mol. The molecule has 34 heavy (non-hydrogen) atoms. The number of azo groups is 1. The molecule has 0 N–H and O–H groups in total. The molecule has 176 valence electrons. The number of non-ortho nitro benzene ring substituents is 1. The minimum Gasteiger partial charge on any atom is -0.530 e. The van der Waals surface area contributed by atoms with Crippen LogP contribution in [0.15, 0.2) is 52.7 Å². The van der Waals surface area contributed by atoms with Crippen molar-refractivity contribution in [3.05, 3.63) is 58.1 Å². The maximum atomic E-state index is 11.4. The minimum atomic E-state index is -1.22. The number of nitro benzene ring substituents is 1. The third kappa shape index (κ3) is 7.57. The van der Waals surface area contributed by atoms with E-state index in [4.69, 9.17) is 5.26 Å². The van der Waals surface area contributed by atoms with Gasteiger partial charge in [0.05, 0.1) is 28.7 Å². The number of nitro groups is 1. The van der Waals surface area contributed by atoms with Crippen molar-refractivity contribution >= 4 is 28.8 Å². The third-order valence-electron chi connectivity index (χ3n) is 4.97. The number of carbonyl (C=O) groups is 1. The van der Waals surface area contributed by atoms with Gasteiger partial charge < -0.3 is 19.7 Å². The Morgan fingerprint density at radius 2 is 1.79 bits per heavy atom. The molecular weight excluding hydrogens is 438 g/mol. The molecule has 0 aliphatic carbocycles. The van der Waals surface area contributed by atoms with Crippen LogP contribution >= 0.6 is 0 Å². The van der Waals surface area contributed by atoms with Crippen molar-refractivity contribution in [1.29, 1.82) is 10.5 Å². The second kappa shape index (κ2) is 13.1. The number of nitrogens with zero attached hydrogens (tertiary/aromatic N) is 7. The molecule has 0 atom stereocenters. The Labute approximate surface area is 197 Å². The number of hydrogen-bond donors (Lipinski definition) is 0. The van der Waals surface area contributed by atoms with E-state index in [0.717, 1.165) is 24.6 Å². The molecule has 0 fully saturated rings. The summed E-state index contributed by atoms with van der Waals surface area (Å²) in [5, 5.41) is 48.5. The molecule has 0 aliphatic heterocycles. The van der Waals surface area contributed by atoms with E-state index in [0.29, 0.717) is 25.3 Å². The Balaban J connectivity index is 2.14. The zero-order chi connectivity index (χ0) is 24.9. The van der Waals surface area contributed by atoms with Gasteiger partial charge >= 0.3 is 0 Å². The molecule has 0 aliphatic rings. The number of anilines is 1. The van der Waals surface area contributed by atoms with E-state index in [9.17, 15) is 25.3 Å². The van der Waals surface area contributed by atoms with Crippen molar-refractivity contribution in [2.75, 3.05) is 31.1 Å². The van der Waals surface area contributed by atoms with E-state index in [1.165, 1.54) is 17.0 Å². The molecule has 0 spiro atoms. The number of rotatable bonds is 12. The summed E-state index contributed by atoms with van der Waals surface area (Å²) in [6, 6.07) is 14.7. The maximum absolute atomic E-state index is 11.4. The monoisotopic (exact) mass is 462 g/mol. The highest BCUT2D eigenvalue weighted by Crippen LogP contribution is 2.27. The molecule has 1 amide bonds. The summed E-state index contributed by atoms with van der Waals surface area (Å²) in [7, 11) is 0. The summed E-state index contributed by atoms with van der Waals surface area (Å²) in [5.74, 6) is 0. The first-order valence-corrected chi connectivity index (χ1v) is 10.7. The van der Waals surface area contributed by atoms with Crippen molar-refractivity contribution in [2.45, 2.75) is 26.2 Å². The highest BCUT2D eigenvalue weighted by Gasteiger charge is 2.12. The van der Waals surface area contributed by atoms with Gasteiger partial charge in [-0.2, -0.15) is 15.6 Å². The smallest absolute Gasteiger partial charge is 0.270 e. The Hall–Kier alpha value is -4.51. The largest absolute Gasteiger partial charge is 0.530 e. The van der Waals surface area contributed by atoms with Gasteiger partial charge in [-0.1, -0.05) is 13.3 Å². The van der Waals surface area contributed by atoms with Crippen molar-refractivity contribution in [3.63, 3.8) is 0 Å². The van der Waals surface area contributed by atoms with Crippen LogP contribution in [-0.2, 0) is 0 Å². The Bertz CT molecular complexity index is 1100. The number of amides is 1. The van der Waals surface area contributed by atoms with Gasteiger partial charge in [0, 0.05) is 44.0 Å². The molecule has 0 saturated heterocycles. The second-order valence-corrected chi connectivity index (χ2v) is 7.29. The number of unbranched alkanes of at least 4 members (excludes halogenated alkanes) is 1. The second-order valence-electron chi connectivity index (χ2n) is 7.29. The molecule has 0 aromatic heterocycles. The van der Waals surface area contributed by atoms with Crippen LogP contribution in [0.25, 0.3) is 0 Å². The van der Waals surface area contributed by atoms with Crippen LogP contribution in [0.5, 0.6) is 0 Å². The molecule has 11 nitrogen and oxygen atoms in total. The Morgan fingerprint density at radius 3 is 2.38 bits per heavy atom. The van der Waals surface area contributed by atoms with E-state index < -0.39 is 11.0 Å². The lowest BCUT2D eigenvalue weighted by Gasteiger charge is -2.30. The van der Waals surface area contributed by atoms with Crippen LogP contribution in [0.3, 0.4) is 0 Å². The summed E-state index contributed by atoms with van der Waals surface area (Å²) in [4.78, 5) is 24.8. The third-order valence-corrected chi connectivity index (χ3v) is 4.97. The topological polar surface area (TPSA) is 162 Å². The van der Waals surface area contributed by atoms with Gasteiger partial charge in [0.2, 0.25) is 0 Å². The molecular formula is C23H24N7O4-. The molecule has 0 unspecified atom stereocenters. The standard InChI is InChI=1S/C23H25N7O4/c1-2-3-12-29(23(31)32)15-14-28(13-4-11-24)20-7-5-19(6-8-20)26-27-22-10-9-21(30(33)34)16-18(22)17-25/h5-10,16H,2-4,12-15H2,1H3,(H,31,32)/p-1. The first kappa shape index (κ1) is 25.7. The summed E-state index contributed by atoms with van der Waals surface area (Å²) in [5.41, 5.74) is 1.32. The molecule has 2 rings (SSSR count). The fourth-order valence-electron chi connectivity index (χ4n) is 3.10. The minimum absolute atomic E-state index is 0.0396. The molecule has 0 radical (unpaired) electrons. The van der Waals surface area contributed by atoms with Crippen molar-refractivity contribution in [2.24, 2.45) is 10.2 Å². The van der Waals surface area contributed by atoms with Gasteiger partial charge in [-0.25, -0.2) is 0 Å². The predicted octanol–water partition coefficient (Wildman–Crippen LogP) is 4.05. The SMILES string of the molecule is CCCCN(CCN(CCC#N)c1ccc(N=Nc2ccc([N+](=O)[O-])cc2C#N)cc1)C(=O)[O-]. The first-order chi connectivity index (χ1) is 16.4. The van der Waals surface area contributed by atoms with Crippen molar-refractivity contribution in [3.8, 4) is 12.1 Å². The van der Waals surface area contributed by atoms with Crippen LogP contribution in [0.2, 0.25) is 0 Å². The Morgan fingerprint density at radius 1 is 1.06 bits per heavy atom. The number of carbonyl (C=O) groups excluding carboxylic acids is 1. The van der Waals surface area contributed by atoms with E-state index in [1.54, 1.807) is 24.3 Å². The molecule has 2 aromatic carbocycles. The summed E-state index contributed by atoms with van der Waals surface area (Å²) < 4.78 is 0. The number of carboxylic acid groups (broad SMARTS) is 1. The van der Waals surface area contributed by atoms with Gasteiger partial charge in [0.15, 0.2) is 0 Å². The molecule has 11 heteroatoms. The van der Waals surface area contributed by atoms with E-state index in [2.05, 4.69) is 16.3 Å². The summed E-state index contributed by atoms with van der Waals surface area (Å²) in [6.45, 7) is 3.47. The van der Waals surface area contributed by atoms with Crippen molar-refractivity contribution < 1.29 is 14.8 Å². The maximum Gasteiger partial charge on any atom is 0.270 e. The lowest BCUT2D eigenvalue weighted by molar-refractivity contribution is -0.384. The summed E-state index contributed by atoms with van der Waals surface area (Å²) in [6.07, 6.45) is 0.674. The highest BCUT2D eigenvalue weighted by atomic mass is 16.6. The van der Waals surface area contributed by atoms with Gasteiger partial charge in [0.1, 0.15) is 17.8 Å². The number of hydrogen-bond acceptors (Lipinski definition) is 9. The molecule has 0 heterocycles. The van der Waals surface area contributed by atoms with Gasteiger partial charge in [-0.3, -0.25) is 10.1 Å². The van der Waals surface area contributed by atoms with Gasteiger partial charge in [-0.05, 0) is 36.8 Å². The van der Waals surface area contributed by atoms with Crippen LogP contribution in [0.4, 0.5) is 27.5 Å². The zero-order valence-electron chi connectivity index (χ0n) is 18.8. The van der Waals surface area contributed by atoms with Crippen LogP contribution in [-0.4, -0.2) is 42.1 Å². The quantitative estimate of drug-likeness (QED) is 0.261. The zero-order valence-corrected chi connectivity index (χ0v) is 18.8. The van der Waals surface area contributed by atoms with E-state index in [-0.39, 0.29) is 29.9 Å². The van der Waals surface area contributed by atoms with E-state index in [1.807, 2.05) is 17.9 Å². The van der Waals surface area contributed by atoms with Crippen LogP contribution in [0, 0.1) is 32.8 Å². The average molecular weight is 462 g/mol. The molecule has 2 aromatic rings. The summed E-state index contributed by atoms with van der Waals surface area (Å²) >= 11 is 0. The molecule has 0 saturated carbocycles. The van der Waals surface area contributed by atoms with Crippen LogP contribution < -0.4 is 10.0 Å². The van der Waals surface area contributed by atoms with Crippen molar-refractivity contribution in [1.82, 2.24) is 4.90 Å². The van der Waals surface area contributed by atoms with Gasteiger partial charge in [0.25, 0.3) is 5.69 Å². The number of nitriles is 2.